The normalized spacial score (nSPS) is 21.1. The average Bonchev–Trinajstić information content (AvgIpc) is 2.88. The van der Waals surface area contributed by atoms with Gasteiger partial charge in [-0.25, -0.2) is 4.99 Å². The first-order valence-electron chi connectivity index (χ1n) is 11.4. The van der Waals surface area contributed by atoms with Crippen molar-refractivity contribution >= 4 is 17.5 Å². The van der Waals surface area contributed by atoms with Crippen LogP contribution in [-0.2, 0) is 9.53 Å². The van der Waals surface area contributed by atoms with Crippen LogP contribution in [0.5, 0.6) is 0 Å². The number of hydrogen-bond acceptors (Lipinski definition) is 5. The number of amides is 1. The summed E-state index contributed by atoms with van der Waals surface area (Å²) >= 11 is 0. The Morgan fingerprint density at radius 1 is 1.13 bits per heavy atom. The van der Waals surface area contributed by atoms with E-state index in [1.165, 1.54) is 11.1 Å². The van der Waals surface area contributed by atoms with E-state index in [0.29, 0.717) is 18.2 Å². The summed E-state index contributed by atoms with van der Waals surface area (Å²) in [4.78, 5) is 26.7. The number of allylic oxidation sites excluding steroid dienone is 5. The molecule has 0 spiro atoms. The molecule has 3 heterocycles. The van der Waals surface area contributed by atoms with Crippen LogP contribution in [0.15, 0.2) is 57.2 Å². The second kappa shape index (κ2) is 11.2. The highest BCUT2D eigenvalue weighted by atomic mass is 16.5. The van der Waals surface area contributed by atoms with Crippen molar-refractivity contribution in [3.8, 4) is 0 Å². The smallest absolute Gasteiger partial charge is 0.272 e. The van der Waals surface area contributed by atoms with Gasteiger partial charge in [0.25, 0.3) is 5.91 Å². The molecule has 0 atom stereocenters. The number of nitrogens with zero attached hydrogens (tertiary/aromatic N) is 4. The predicted octanol–water partition coefficient (Wildman–Crippen LogP) is 3.78. The van der Waals surface area contributed by atoms with Gasteiger partial charge < -0.3 is 14.5 Å². The topological polar surface area (TPSA) is 57.5 Å². The summed E-state index contributed by atoms with van der Waals surface area (Å²) in [5, 5.41) is 0. The highest BCUT2D eigenvalue weighted by molar-refractivity contribution is 6.04. The molecule has 3 aliphatic heterocycles. The number of piperidine rings is 1. The Hall–Kier alpha value is -2.47. The molecular formula is C25H36N4O2. The third-order valence-corrected chi connectivity index (χ3v) is 6.01. The molecule has 0 saturated carbocycles. The van der Waals surface area contributed by atoms with Gasteiger partial charge in [0.15, 0.2) is 0 Å². The maximum atomic E-state index is 13.2. The summed E-state index contributed by atoms with van der Waals surface area (Å²) in [6, 6.07) is 0. The molecule has 31 heavy (non-hydrogen) atoms. The number of amidine groups is 1. The Bertz CT molecular complexity index is 830. The van der Waals surface area contributed by atoms with Crippen molar-refractivity contribution in [2.24, 2.45) is 15.9 Å². The van der Waals surface area contributed by atoms with Crippen molar-refractivity contribution in [2.45, 2.75) is 40.5 Å². The summed E-state index contributed by atoms with van der Waals surface area (Å²) in [5.74, 6) is 1.47. The highest BCUT2D eigenvalue weighted by Crippen LogP contribution is 2.28. The van der Waals surface area contributed by atoms with Crippen LogP contribution in [0.1, 0.15) is 40.5 Å². The van der Waals surface area contributed by atoms with Crippen molar-refractivity contribution < 1.29 is 9.53 Å². The predicted molar refractivity (Wildman–Crippen MR) is 128 cm³/mol. The van der Waals surface area contributed by atoms with Gasteiger partial charge in [0.2, 0.25) is 0 Å². The standard InChI is InChI=1S/C25H36N4O2/c1-5-6-22(19(2)3)21-10-13-29(14-11-21)25(30)23-9-12-26-24(8-7-20(4)27-23)28-15-17-31-18-16-28/h5-9,21H,10-18H2,1-4H3. The number of ether oxygens (including phenoxy) is 1. The van der Waals surface area contributed by atoms with Gasteiger partial charge in [-0.15, -0.1) is 0 Å². The molecule has 0 aromatic heterocycles. The molecule has 0 N–H and O–H groups in total. The molecule has 0 aliphatic carbocycles. The lowest BCUT2D eigenvalue weighted by molar-refractivity contribution is -0.128. The monoisotopic (exact) mass is 424 g/mol. The number of carbonyl (C=O) groups excluding carboxylic acids is 1. The van der Waals surface area contributed by atoms with Crippen LogP contribution >= 0.6 is 0 Å². The van der Waals surface area contributed by atoms with Gasteiger partial charge in [0.1, 0.15) is 11.5 Å². The van der Waals surface area contributed by atoms with Crippen LogP contribution in [0.2, 0.25) is 0 Å². The Morgan fingerprint density at radius 3 is 2.48 bits per heavy atom. The fraction of sp³-hybridized carbons (Fsp3) is 0.560. The van der Waals surface area contributed by atoms with Crippen molar-refractivity contribution in [2.75, 3.05) is 45.9 Å². The zero-order valence-electron chi connectivity index (χ0n) is 19.4. The minimum atomic E-state index is 0.0148. The fourth-order valence-corrected chi connectivity index (χ4v) is 4.33. The van der Waals surface area contributed by atoms with E-state index >= 15 is 0 Å². The molecule has 3 aliphatic rings. The fourth-order valence-electron chi connectivity index (χ4n) is 4.33. The van der Waals surface area contributed by atoms with Gasteiger partial charge in [0, 0.05) is 31.9 Å². The molecule has 0 aromatic rings. The van der Waals surface area contributed by atoms with Gasteiger partial charge in [0.05, 0.1) is 19.8 Å². The number of likely N-dealkylation sites (tertiary alicyclic amines) is 1. The summed E-state index contributed by atoms with van der Waals surface area (Å²) in [7, 11) is 0. The number of aliphatic imine (C=N–C) groups is 2. The van der Waals surface area contributed by atoms with E-state index in [0.717, 1.165) is 63.8 Å². The molecule has 168 valence electrons. The van der Waals surface area contributed by atoms with Crippen LogP contribution in [0.25, 0.3) is 0 Å². The van der Waals surface area contributed by atoms with E-state index < -0.39 is 0 Å². The third kappa shape index (κ3) is 6.26. The third-order valence-electron chi connectivity index (χ3n) is 6.01. The van der Waals surface area contributed by atoms with Crippen LogP contribution in [0.4, 0.5) is 0 Å². The molecular weight excluding hydrogens is 388 g/mol. The van der Waals surface area contributed by atoms with Crippen molar-refractivity contribution in [3.63, 3.8) is 0 Å². The minimum absolute atomic E-state index is 0.0148. The Labute approximate surface area is 186 Å². The summed E-state index contributed by atoms with van der Waals surface area (Å²) < 4.78 is 5.44. The van der Waals surface area contributed by atoms with E-state index in [4.69, 9.17) is 9.73 Å². The van der Waals surface area contributed by atoms with E-state index in [9.17, 15) is 4.79 Å². The molecule has 3 rings (SSSR count). The number of hydrogen-bond donors (Lipinski definition) is 0. The van der Waals surface area contributed by atoms with E-state index in [-0.39, 0.29) is 5.91 Å². The molecule has 0 unspecified atom stereocenters. The molecule has 0 bridgehead atoms. The lowest BCUT2D eigenvalue weighted by Crippen LogP contribution is -2.40. The second-order valence-electron chi connectivity index (χ2n) is 8.50. The van der Waals surface area contributed by atoms with Gasteiger partial charge in [-0.3, -0.25) is 9.79 Å². The Kier molecular flexibility index (Phi) is 8.41. The maximum absolute atomic E-state index is 13.2. The van der Waals surface area contributed by atoms with Crippen LogP contribution in [0.3, 0.4) is 0 Å². The molecule has 0 radical (unpaired) electrons. The molecule has 2 saturated heterocycles. The highest BCUT2D eigenvalue weighted by Gasteiger charge is 2.26. The lowest BCUT2D eigenvalue weighted by Gasteiger charge is -2.33. The van der Waals surface area contributed by atoms with Crippen molar-refractivity contribution in [1.29, 1.82) is 0 Å². The summed E-state index contributed by atoms with van der Waals surface area (Å²) in [6.45, 7) is 13.4. The van der Waals surface area contributed by atoms with Crippen LogP contribution < -0.4 is 0 Å². The van der Waals surface area contributed by atoms with Crippen molar-refractivity contribution in [3.05, 3.63) is 47.2 Å². The largest absolute Gasteiger partial charge is 0.378 e. The van der Waals surface area contributed by atoms with E-state index in [2.05, 4.69) is 42.8 Å². The van der Waals surface area contributed by atoms with Gasteiger partial charge >= 0.3 is 0 Å². The van der Waals surface area contributed by atoms with E-state index in [1.54, 1.807) is 0 Å². The van der Waals surface area contributed by atoms with Gasteiger partial charge in [-0.05, 0) is 70.3 Å². The second-order valence-corrected chi connectivity index (χ2v) is 8.50. The average molecular weight is 425 g/mol. The van der Waals surface area contributed by atoms with Gasteiger partial charge in [-0.2, -0.15) is 0 Å². The number of carbonyl (C=O) groups is 1. The molecule has 6 nitrogen and oxygen atoms in total. The first-order chi connectivity index (χ1) is 15.0. The van der Waals surface area contributed by atoms with Crippen LogP contribution in [-0.4, -0.2) is 73.2 Å². The Morgan fingerprint density at radius 2 is 1.84 bits per heavy atom. The van der Waals surface area contributed by atoms with E-state index in [1.807, 2.05) is 30.1 Å². The number of morpholine rings is 1. The zero-order valence-corrected chi connectivity index (χ0v) is 19.4. The molecule has 2 fully saturated rings. The maximum Gasteiger partial charge on any atom is 0.272 e. The first kappa shape index (κ1) is 23.2. The molecule has 0 aromatic carbocycles. The summed E-state index contributed by atoms with van der Waals surface area (Å²) in [6.07, 6.45) is 12.1. The molecule has 6 heteroatoms. The van der Waals surface area contributed by atoms with Gasteiger partial charge in [-0.1, -0.05) is 17.7 Å². The van der Waals surface area contributed by atoms with Crippen LogP contribution in [0, 0.1) is 5.92 Å². The number of rotatable bonds is 3. The molecule has 1 amide bonds. The lowest BCUT2D eigenvalue weighted by atomic mass is 9.86. The minimum Gasteiger partial charge on any atom is -0.378 e. The first-order valence-corrected chi connectivity index (χ1v) is 11.4. The Balaban J connectivity index is 1.68. The summed E-state index contributed by atoms with van der Waals surface area (Å²) in [5.41, 5.74) is 4.10. The zero-order chi connectivity index (χ0) is 22.2. The quantitative estimate of drug-likeness (QED) is 0.648. The SMILES string of the molecule is CC=CC(=C(C)C)C1CCN(C(=O)C2=CCN=C(N3CCOCC3)C=CC(C)=N2)CC1. The van der Waals surface area contributed by atoms with Crippen molar-refractivity contribution in [1.82, 2.24) is 9.80 Å².